The Kier molecular flexibility index (Phi) is 3.49. The summed E-state index contributed by atoms with van der Waals surface area (Å²) in [4.78, 5) is 33.2. The largest absolute Gasteiger partial charge is 0.479 e. The molecule has 3 heterocycles. The maximum atomic E-state index is 12.8. The smallest absolute Gasteiger partial charge is 0.333 e. The number of halogens is 1. The van der Waals surface area contributed by atoms with Crippen LogP contribution < -0.4 is 5.56 Å². The second-order valence-corrected chi connectivity index (χ2v) is 6.65. The molecule has 2 aromatic heterocycles. The molecule has 0 aliphatic carbocycles. The lowest BCUT2D eigenvalue weighted by Gasteiger charge is -2.15. The summed E-state index contributed by atoms with van der Waals surface area (Å²) >= 11 is 3.33. The zero-order valence-electron chi connectivity index (χ0n) is 12.5. The predicted octanol–water partition coefficient (Wildman–Crippen LogP) is 1.98. The molecule has 122 valence electrons. The van der Waals surface area contributed by atoms with Crippen molar-refractivity contribution in [2.75, 3.05) is 0 Å². The van der Waals surface area contributed by atoms with Gasteiger partial charge in [0.1, 0.15) is 0 Å². The number of imidazole rings is 1. The first-order valence-electron chi connectivity index (χ1n) is 7.49. The van der Waals surface area contributed by atoms with E-state index in [1.807, 2.05) is 4.57 Å². The summed E-state index contributed by atoms with van der Waals surface area (Å²) in [6.45, 7) is 0.826. The Bertz CT molecular complexity index is 1020. The van der Waals surface area contributed by atoms with Crippen LogP contribution in [-0.2, 0) is 17.8 Å². The number of aliphatic carboxylic acids is 1. The zero-order chi connectivity index (χ0) is 16.8. The number of nitrogens with zero attached hydrogens (tertiary/aromatic N) is 4. The van der Waals surface area contributed by atoms with Crippen LogP contribution in [0.5, 0.6) is 0 Å². The molecule has 1 atom stereocenters. The number of rotatable bonds is 3. The number of carboxylic acid groups (broad SMARTS) is 1. The van der Waals surface area contributed by atoms with Crippen molar-refractivity contribution in [3.63, 3.8) is 0 Å². The fourth-order valence-electron chi connectivity index (χ4n) is 3.19. The van der Waals surface area contributed by atoms with Gasteiger partial charge < -0.3 is 9.67 Å². The number of aromatic nitrogens is 4. The van der Waals surface area contributed by atoms with E-state index in [4.69, 9.17) is 0 Å². The van der Waals surface area contributed by atoms with E-state index in [-0.39, 0.29) is 0 Å². The molecule has 0 bridgehead atoms. The molecule has 1 unspecified atom stereocenters. The quantitative estimate of drug-likeness (QED) is 0.740. The number of carbonyl (C=O) groups is 1. The minimum atomic E-state index is -1.18. The van der Waals surface area contributed by atoms with Gasteiger partial charge in [0.15, 0.2) is 6.04 Å². The van der Waals surface area contributed by atoms with Crippen molar-refractivity contribution in [3.8, 4) is 0 Å². The third kappa shape index (κ3) is 2.25. The van der Waals surface area contributed by atoms with E-state index in [9.17, 15) is 14.7 Å². The van der Waals surface area contributed by atoms with Crippen molar-refractivity contribution in [3.05, 3.63) is 57.1 Å². The van der Waals surface area contributed by atoms with E-state index in [1.165, 1.54) is 6.33 Å². The molecule has 4 rings (SSSR count). The Hall–Kier alpha value is -2.48. The SMILES string of the molecule is O=C(O)C(c1ncn2c1CCC2)n1cnc2ccc(Br)cc2c1=O. The van der Waals surface area contributed by atoms with Gasteiger partial charge in [0.05, 0.1) is 29.3 Å². The number of aryl methyl sites for hydroxylation is 1. The van der Waals surface area contributed by atoms with Gasteiger partial charge >= 0.3 is 5.97 Å². The molecule has 8 heteroatoms. The van der Waals surface area contributed by atoms with Gasteiger partial charge in [-0.3, -0.25) is 9.36 Å². The Morgan fingerprint density at radius 2 is 2.12 bits per heavy atom. The van der Waals surface area contributed by atoms with Crippen molar-refractivity contribution < 1.29 is 9.90 Å². The van der Waals surface area contributed by atoms with Gasteiger partial charge in [-0.05, 0) is 31.0 Å². The molecule has 0 amide bonds. The van der Waals surface area contributed by atoms with Crippen molar-refractivity contribution in [2.24, 2.45) is 0 Å². The first-order chi connectivity index (χ1) is 11.6. The van der Waals surface area contributed by atoms with Crippen LogP contribution in [0.25, 0.3) is 10.9 Å². The third-order valence-corrected chi connectivity index (χ3v) is 4.80. The normalized spacial score (nSPS) is 14.7. The highest BCUT2D eigenvalue weighted by Gasteiger charge is 2.31. The van der Waals surface area contributed by atoms with Gasteiger partial charge in [0, 0.05) is 16.7 Å². The topological polar surface area (TPSA) is 90.0 Å². The summed E-state index contributed by atoms with van der Waals surface area (Å²) in [6.07, 6.45) is 4.65. The average molecular weight is 389 g/mol. The van der Waals surface area contributed by atoms with E-state index in [0.717, 1.165) is 34.1 Å². The van der Waals surface area contributed by atoms with Crippen LogP contribution in [0.15, 0.2) is 40.1 Å². The summed E-state index contributed by atoms with van der Waals surface area (Å²) in [5.74, 6) is -1.12. The summed E-state index contributed by atoms with van der Waals surface area (Å²) in [7, 11) is 0. The van der Waals surface area contributed by atoms with Crippen molar-refractivity contribution >= 4 is 32.8 Å². The summed E-state index contributed by atoms with van der Waals surface area (Å²) in [5.41, 5.74) is 1.42. The average Bonchev–Trinajstić information content (AvgIpc) is 3.15. The maximum absolute atomic E-state index is 12.8. The zero-order valence-corrected chi connectivity index (χ0v) is 14.1. The van der Waals surface area contributed by atoms with Gasteiger partial charge in [-0.25, -0.2) is 14.8 Å². The molecule has 0 radical (unpaired) electrons. The van der Waals surface area contributed by atoms with E-state index >= 15 is 0 Å². The van der Waals surface area contributed by atoms with Gasteiger partial charge in [-0.1, -0.05) is 15.9 Å². The number of hydrogen-bond donors (Lipinski definition) is 1. The van der Waals surface area contributed by atoms with E-state index in [1.54, 1.807) is 24.5 Å². The Labute approximate surface area is 144 Å². The van der Waals surface area contributed by atoms with Crippen LogP contribution >= 0.6 is 15.9 Å². The summed E-state index contributed by atoms with van der Waals surface area (Å²) in [5, 5.41) is 10.1. The minimum absolute atomic E-state index is 0.369. The fraction of sp³-hybridized carbons (Fsp3) is 0.250. The summed E-state index contributed by atoms with van der Waals surface area (Å²) < 4.78 is 3.83. The van der Waals surface area contributed by atoms with Crippen LogP contribution in [0.1, 0.15) is 23.9 Å². The molecule has 1 aliphatic rings. The Morgan fingerprint density at radius 3 is 2.92 bits per heavy atom. The van der Waals surface area contributed by atoms with E-state index in [0.29, 0.717) is 16.6 Å². The fourth-order valence-corrected chi connectivity index (χ4v) is 3.55. The molecule has 0 saturated heterocycles. The van der Waals surface area contributed by atoms with Gasteiger partial charge in [-0.2, -0.15) is 0 Å². The molecule has 3 aromatic rings. The van der Waals surface area contributed by atoms with Crippen LogP contribution in [0.2, 0.25) is 0 Å². The summed E-state index contributed by atoms with van der Waals surface area (Å²) in [6, 6.07) is 3.98. The lowest BCUT2D eigenvalue weighted by Crippen LogP contribution is -2.31. The van der Waals surface area contributed by atoms with Crippen molar-refractivity contribution in [2.45, 2.75) is 25.4 Å². The molecule has 1 aliphatic heterocycles. The molecule has 1 aromatic carbocycles. The van der Waals surface area contributed by atoms with E-state index < -0.39 is 17.6 Å². The number of fused-ring (bicyclic) bond motifs is 2. The molecular weight excluding hydrogens is 376 g/mol. The minimum Gasteiger partial charge on any atom is -0.479 e. The molecule has 1 N–H and O–H groups in total. The van der Waals surface area contributed by atoms with Crippen LogP contribution in [-0.4, -0.2) is 30.2 Å². The first kappa shape index (κ1) is 15.1. The maximum Gasteiger partial charge on any atom is 0.333 e. The predicted molar refractivity (Wildman–Crippen MR) is 90.0 cm³/mol. The molecular formula is C16H13BrN4O3. The van der Waals surface area contributed by atoms with Gasteiger partial charge in [0.25, 0.3) is 5.56 Å². The Balaban J connectivity index is 1.94. The molecule has 0 saturated carbocycles. The molecule has 24 heavy (non-hydrogen) atoms. The lowest BCUT2D eigenvalue weighted by atomic mass is 10.1. The number of carboxylic acids is 1. The second kappa shape index (κ2) is 5.55. The number of hydrogen-bond acceptors (Lipinski definition) is 4. The highest BCUT2D eigenvalue weighted by Crippen LogP contribution is 2.26. The van der Waals surface area contributed by atoms with Gasteiger partial charge in [-0.15, -0.1) is 0 Å². The van der Waals surface area contributed by atoms with Crippen molar-refractivity contribution in [1.29, 1.82) is 0 Å². The molecule has 7 nitrogen and oxygen atoms in total. The molecule has 0 fully saturated rings. The monoisotopic (exact) mass is 388 g/mol. The Morgan fingerprint density at radius 1 is 1.29 bits per heavy atom. The van der Waals surface area contributed by atoms with E-state index in [2.05, 4.69) is 25.9 Å². The van der Waals surface area contributed by atoms with Crippen LogP contribution in [0.3, 0.4) is 0 Å². The lowest BCUT2D eigenvalue weighted by molar-refractivity contribution is -0.139. The standard InChI is InChI=1S/C16H13BrN4O3/c17-9-3-4-11-10(6-9)15(22)21(8-18-11)14(16(23)24)13-12-2-1-5-20(12)7-19-13/h3-4,6-8,14H,1-2,5H2,(H,23,24). The van der Waals surface area contributed by atoms with Crippen LogP contribution in [0, 0.1) is 0 Å². The highest BCUT2D eigenvalue weighted by molar-refractivity contribution is 9.10. The van der Waals surface area contributed by atoms with Gasteiger partial charge in [0.2, 0.25) is 0 Å². The second-order valence-electron chi connectivity index (χ2n) is 5.73. The number of benzene rings is 1. The van der Waals surface area contributed by atoms with Crippen molar-refractivity contribution in [1.82, 2.24) is 19.1 Å². The highest BCUT2D eigenvalue weighted by atomic mass is 79.9. The first-order valence-corrected chi connectivity index (χ1v) is 8.28. The van der Waals surface area contributed by atoms with Crippen LogP contribution in [0.4, 0.5) is 0 Å². The third-order valence-electron chi connectivity index (χ3n) is 4.31. The molecule has 0 spiro atoms.